The van der Waals surface area contributed by atoms with Gasteiger partial charge in [-0.15, -0.1) is 0 Å². The Morgan fingerprint density at radius 2 is 1.62 bits per heavy atom. The number of hydrogen-bond acceptors (Lipinski definition) is 2. The lowest BCUT2D eigenvalue weighted by Gasteiger charge is -2.31. The van der Waals surface area contributed by atoms with Gasteiger partial charge >= 0.3 is 0 Å². The molecule has 0 saturated heterocycles. The Kier molecular flexibility index (Phi) is 4.76. The second kappa shape index (κ2) is 6.55. The largest absolute Gasteiger partial charge is 0.368 e. The van der Waals surface area contributed by atoms with Crippen LogP contribution in [0.1, 0.15) is 31.0 Å². The van der Waals surface area contributed by atoms with Crippen LogP contribution < -0.4 is 11.1 Å². The van der Waals surface area contributed by atoms with Crippen LogP contribution in [0, 0.1) is 0 Å². The van der Waals surface area contributed by atoms with E-state index >= 15 is 0 Å². The minimum Gasteiger partial charge on any atom is -0.368 e. The molecule has 0 bridgehead atoms. The Bertz CT molecular complexity index is 583. The zero-order valence-corrected chi connectivity index (χ0v) is 12.5. The molecule has 0 heterocycles. The number of nitrogens with one attached hydrogen (secondary N) is 1. The van der Waals surface area contributed by atoms with Crippen molar-refractivity contribution in [2.75, 3.05) is 0 Å². The van der Waals surface area contributed by atoms with Gasteiger partial charge in [0.05, 0.1) is 5.54 Å². The minimum atomic E-state index is -0.781. The van der Waals surface area contributed by atoms with Gasteiger partial charge in [-0.3, -0.25) is 10.1 Å². The molecule has 21 heavy (non-hydrogen) atoms. The first kappa shape index (κ1) is 15.3. The molecule has 2 aromatic carbocycles. The molecule has 3 nitrogen and oxygen atoms in total. The maximum atomic E-state index is 12.0. The van der Waals surface area contributed by atoms with Gasteiger partial charge in [-0.05, 0) is 31.4 Å². The molecule has 0 aliphatic rings. The highest BCUT2D eigenvalue weighted by Crippen LogP contribution is 2.20. The molecule has 110 valence electrons. The number of benzene rings is 2. The number of hydrogen-bond donors (Lipinski definition) is 2. The van der Waals surface area contributed by atoms with Crippen molar-refractivity contribution in [2.24, 2.45) is 5.73 Å². The molecule has 0 spiro atoms. The lowest BCUT2D eigenvalue weighted by molar-refractivity contribution is -0.124. The quantitative estimate of drug-likeness (QED) is 0.856. The van der Waals surface area contributed by atoms with Crippen LogP contribution >= 0.6 is 0 Å². The highest BCUT2D eigenvalue weighted by molar-refractivity contribution is 5.84. The van der Waals surface area contributed by atoms with E-state index in [1.54, 1.807) is 0 Å². The molecule has 0 aliphatic carbocycles. The zero-order chi connectivity index (χ0) is 15.3. The first-order chi connectivity index (χ1) is 10.0. The van der Waals surface area contributed by atoms with Crippen LogP contribution in [0.5, 0.6) is 0 Å². The first-order valence-corrected chi connectivity index (χ1v) is 7.18. The highest BCUT2D eigenvalue weighted by atomic mass is 16.1. The van der Waals surface area contributed by atoms with Crippen LogP contribution in [-0.4, -0.2) is 11.4 Å². The summed E-state index contributed by atoms with van der Waals surface area (Å²) in [7, 11) is 0. The van der Waals surface area contributed by atoms with Crippen LogP contribution in [0.2, 0.25) is 0 Å². The van der Waals surface area contributed by atoms with E-state index in [1.165, 1.54) is 0 Å². The second-order valence-electron chi connectivity index (χ2n) is 5.64. The standard InChI is InChI=1S/C18H22N2O/c1-14(16-11-7-4-8-12-16)20-18(2,17(19)21)13-15-9-5-3-6-10-15/h3-12,14,20H,13H2,1-2H3,(H2,19,21)/t14-,18+/m0/s1. The minimum absolute atomic E-state index is 0.0485. The average molecular weight is 282 g/mol. The molecule has 2 rings (SSSR count). The SMILES string of the molecule is C[C@H](N[C@](C)(Cc1ccccc1)C(N)=O)c1ccccc1. The maximum absolute atomic E-state index is 12.0. The van der Waals surface area contributed by atoms with Crippen molar-refractivity contribution in [2.45, 2.75) is 31.8 Å². The molecule has 0 radical (unpaired) electrons. The van der Waals surface area contributed by atoms with Crippen LogP contribution in [0.15, 0.2) is 60.7 Å². The van der Waals surface area contributed by atoms with Crippen LogP contribution in [0.4, 0.5) is 0 Å². The fourth-order valence-electron chi connectivity index (χ4n) is 2.52. The smallest absolute Gasteiger partial charge is 0.237 e. The summed E-state index contributed by atoms with van der Waals surface area (Å²) in [4.78, 5) is 12.0. The third kappa shape index (κ3) is 3.92. The number of carbonyl (C=O) groups excluding carboxylic acids is 1. The first-order valence-electron chi connectivity index (χ1n) is 7.18. The van der Waals surface area contributed by atoms with E-state index in [4.69, 9.17) is 5.73 Å². The third-order valence-corrected chi connectivity index (χ3v) is 3.78. The molecule has 2 aromatic rings. The van der Waals surface area contributed by atoms with Crippen molar-refractivity contribution in [1.29, 1.82) is 0 Å². The van der Waals surface area contributed by atoms with E-state index < -0.39 is 5.54 Å². The maximum Gasteiger partial charge on any atom is 0.237 e. The Morgan fingerprint density at radius 3 is 2.14 bits per heavy atom. The predicted molar refractivity (Wildman–Crippen MR) is 85.7 cm³/mol. The fourth-order valence-corrected chi connectivity index (χ4v) is 2.52. The van der Waals surface area contributed by atoms with Gasteiger partial charge in [-0.25, -0.2) is 0 Å². The molecule has 0 unspecified atom stereocenters. The Hall–Kier alpha value is -2.13. The molecule has 0 aromatic heterocycles. The van der Waals surface area contributed by atoms with Crippen molar-refractivity contribution in [3.63, 3.8) is 0 Å². The number of carbonyl (C=O) groups is 1. The summed E-state index contributed by atoms with van der Waals surface area (Å²) in [5.41, 5.74) is 7.09. The molecule has 0 aliphatic heterocycles. The van der Waals surface area contributed by atoms with Crippen molar-refractivity contribution < 1.29 is 4.79 Å². The van der Waals surface area contributed by atoms with E-state index in [9.17, 15) is 4.79 Å². The molecule has 2 atom stereocenters. The summed E-state index contributed by atoms with van der Waals surface area (Å²) in [6.45, 7) is 3.91. The lowest BCUT2D eigenvalue weighted by atomic mass is 9.90. The second-order valence-corrected chi connectivity index (χ2v) is 5.64. The summed E-state index contributed by atoms with van der Waals surface area (Å²) in [5, 5.41) is 3.38. The zero-order valence-electron chi connectivity index (χ0n) is 12.5. The third-order valence-electron chi connectivity index (χ3n) is 3.78. The van der Waals surface area contributed by atoms with E-state index in [2.05, 4.69) is 5.32 Å². The average Bonchev–Trinajstić information content (AvgIpc) is 2.49. The number of primary amides is 1. The van der Waals surface area contributed by atoms with Crippen molar-refractivity contribution in [3.8, 4) is 0 Å². The van der Waals surface area contributed by atoms with Gasteiger partial charge < -0.3 is 5.73 Å². The summed E-state index contributed by atoms with van der Waals surface area (Å²) >= 11 is 0. The lowest BCUT2D eigenvalue weighted by Crippen LogP contribution is -2.55. The predicted octanol–water partition coefficient (Wildman–Crippen LogP) is 2.82. The molecular formula is C18H22N2O. The molecule has 3 heteroatoms. The summed E-state index contributed by atoms with van der Waals surface area (Å²) in [6, 6.07) is 20.0. The van der Waals surface area contributed by atoms with Crippen LogP contribution in [0.3, 0.4) is 0 Å². The fraction of sp³-hybridized carbons (Fsp3) is 0.278. The van der Waals surface area contributed by atoms with E-state index in [0.29, 0.717) is 6.42 Å². The van der Waals surface area contributed by atoms with Crippen LogP contribution in [-0.2, 0) is 11.2 Å². The van der Waals surface area contributed by atoms with Gasteiger partial charge in [0.1, 0.15) is 0 Å². The van der Waals surface area contributed by atoms with Gasteiger partial charge in [0.25, 0.3) is 0 Å². The Balaban J connectivity index is 2.17. The molecule has 1 amide bonds. The van der Waals surface area contributed by atoms with Gasteiger partial charge in [-0.1, -0.05) is 60.7 Å². The topological polar surface area (TPSA) is 55.1 Å². The van der Waals surface area contributed by atoms with Gasteiger partial charge in [0.15, 0.2) is 0 Å². The normalized spacial score (nSPS) is 15.1. The molecular weight excluding hydrogens is 260 g/mol. The summed E-state index contributed by atoms with van der Waals surface area (Å²) < 4.78 is 0. The monoisotopic (exact) mass is 282 g/mol. The van der Waals surface area contributed by atoms with Gasteiger partial charge in [-0.2, -0.15) is 0 Å². The summed E-state index contributed by atoms with van der Waals surface area (Å²) in [5.74, 6) is -0.339. The molecule has 0 saturated carbocycles. The van der Waals surface area contributed by atoms with Crippen molar-refractivity contribution in [3.05, 3.63) is 71.8 Å². The Labute approximate surface area is 126 Å². The van der Waals surface area contributed by atoms with Gasteiger partial charge in [0.2, 0.25) is 5.91 Å². The molecule has 3 N–H and O–H groups in total. The van der Waals surface area contributed by atoms with Gasteiger partial charge in [0, 0.05) is 6.04 Å². The summed E-state index contributed by atoms with van der Waals surface area (Å²) in [6.07, 6.45) is 0.570. The molecule has 0 fully saturated rings. The number of amides is 1. The van der Waals surface area contributed by atoms with E-state index in [0.717, 1.165) is 11.1 Å². The number of rotatable bonds is 6. The van der Waals surface area contributed by atoms with Crippen molar-refractivity contribution >= 4 is 5.91 Å². The Morgan fingerprint density at radius 1 is 1.10 bits per heavy atom. The van der Waals surface area contributed by atoms with E-state index in [1.807, 2.05) is 74.5 Å². The van der Waals surface area contributed by atoms with Crippen LogP contribution in [0.25, 0.3) is 0 Å². The van der Waals surface area contributed by atoms with E-state index in [-0.39, 0.29) is 11.9 Å². The highest BCUT2D eigenvalue weighted by Gasteiger charge is 2.32. The van der Waals surface area contributed by atoms with Crippen molar-refractivity contribution in [1.82, 2.24) is 5.32 Å². The number of nitrogens with two attached hydrogens (primary N) is 1.